The highest BCUT2D eigenvalue weighted by Gasteiger charge is 2.41. The molecule has 2 aliphatic rings. The first-order valence-corrected chi connectivity index (χ1v) is 13.4. The Balaban J connectivity index is 0.000000201. The van der Waals surface area contributed by atoms with E-state index in [0.29, 0.717) is 0 Å². The SMILES string of the molecule is CNC[C@@]1(c2ccc(OC)cc2)CCCC[C@H]1O.CNC[C@]1(c2ccc(OC)cc2)CCCC[C@H]1O. The maximum absolute atomic E-state index is 10.5. The van der Waals surface area contributed by atoms with Crippen LogP contribution in [0.1, 0.15) is 62.5 Å². The summed E-state index contributed by atoms with van der Waals surface area (Å²) in [5.41, 5.74) is 2.15. The molecule has 0 aromatic heterocycles. The minimum Gasteiger partial charge on any atom is -0.497 e. The molecule has 2 saturated carbocycles. The average Bonchev–Trinajstić information content (AvgIpc) is 2.92. The number of likely N-dealkylation sites (N-methyl/N-ethyl adjacent to an activating group) is 2. The number of methoxy groups -OCH3 is 2. The zero-order chi connectivity index (χ0) is 26.0. The van der Waals surface area contributed by atoms with Gasteiger partial charge in [-0.2, -0.15) is 0 Å². The predicted molar refractivity (Wildman–Crippen MR) is 146 cm³/mol. The summed E-state index contributed by atoms with van der Waals surface area (Å²) in [7, 11) is 7.25. The molecule has 2 aromatic carbocycles. The normalized spacial score (nSPS) is 28.1. The van der Waals surface area contributed by atoms with E-state index >= 15 is 0 Å². The van der Waals surface area contributed by atoms with Gasteiger partial charge in [-0.25, -0.2) is 0 Å². The number of ether oxygens (including phenoxy) is 2. The summed E-state index contributed by atoms with van der Waals surface area (Å²) in [5, 5.41) is 27.4. The molecule has 2 fully saturated rings. The molecular weight excluding hydrogens is 452 g/mol. The molecule has 4 atom stereocenters. The molecule has 2 aliphatic carbocycles. The molecule has 0 spiro atoms. The van der Waals surface area contributed by atoms with E-state index in [0.717, 1.165) is 63.1 Å². The summed E-state index contributed by atoms with van der Waals surface area (Å²) < 4.78 is 10.4. The summed E-state index contributed by atoms with van der Waals surface area (Å²) in [5.74, 6) is 1.73. The Morgan fingerprint density at radius 3 is 1.31 bits per heavy atom. The fraction of sp³-hybridized carbons (Fsp3) is 0.600. The molecule has 0 bridgehead atoms. The third-order valence-corrected chi connectivity index (χ3v) is 8.29. The average molecular weight is 499 g/mol. The Morgan fingerprint density at radius 1 is 0.667 bits per heavy atom. The maximum Gasteiger partial charge on any atom is 0.118 e. The molecule has 6 nitrogen and oxygen atoms in total. The lowest BCUT2D eigenvalue weighted by Gasteiger charge is -2.42. The summed E-state index contributed by atoms with van der Waals surface area (Å²) in [6.45, 7) is 1.64. The van der Waals surface area contributed by atoms with Crippen molar-refractivity contribution in [3.8, 4) is 11.5 Å². The number of hydrogen-bond acceptors (Lipinski definition) is 6. The largest absolute Gasteiger partial charge is 0.497 e. The second-order valence-electron chi connectivity index (χ2n) is 10.4. The first kappa shape index (κ1) is 28.5. The molecule has 0 amide bonds. The highest BCUT2D eigenvalue weighted by atomic mass is 16.5. The van der Waals surface area contributed by atoms with E-state index in [1.54, 1.807) is 14.2 Å². The number of aliphatic hydroxyl groups is 2. The molecule has 36 heavy (non-hydrogen) atoms. The zero-order valence-electron chi connectivity index (χ0n) is 22.6. The van der Waals surface area contributed by atoms with Crippen molar-refractivity contribution in [3.05, 3.63) is 59.7 Å². The molecule has 2 aromatic rings. The van der Waals surface area contributed by atoms with Gasteiger partial charge in [-0.1, -0.05) is 49.9 Å². The predicted octanol–water partition coefficient (Wildman–Crippen LogP) is 4.17. The molecule has 0 heterocycles. The van der Waals surface area contributed by atoms with Gasteiger partial charge in [0.25, 0.3) is 0 Å². The summed E-state index contributed by atoms with van der Waals surface area (Å²) in [6.07, 6.45) is 7.99. The minimum atomic E-state index is -0.257. The van der Waals surface area contributed by atoms with E-state index in [1.165, 1.54) is 24.0 Å². The number of rotatable bonds is 8. The topological polar surface area (TPSA) is 83.0 Å². The van der Waals surface area contributed by atoms with Crippen LogP contribution >= 0.6 is 0 Å². The van der Waals surface area contributed by atoms with E-state index in [2.05, 4.69) is 34.9 Å². The van der Waals surface area contributed by atoms with E-state index in [4.69, 9.17) is 9.47 Å². The van der Waals surface area contributed by atoms with Gasteiger partial charge in [0.15, 0.2) is 0 Å². The lowest BCUT2D eigenvalue weighted by molar-refractivity contribution is 0.0422. The molecule has 4 rings (SSSR count). The fourth-order valence-corrected chi connectivity index (χ4v) is 6.21. The van der Waals surface area contributed by atoms with Gasteiger partial charge in [0.2, 0.25) is 0 Å². The van der Waals surface area contributed by atoms with Gasteiger partial charge in [-0.05, 0) is 75.2 Å². The van der Waals surface area contributed by atoms with Gasteiger partial charge in [0.1, 0.15) is 11.5 Å². The highest BCUT2D eigenvalue weighted by Crippen LogP contribution is 2.41. The lowest BCUT2D eigenvalue weighted by Crippen LogP contribution is -2.48. The Kier molecular flexibility index (Phi) is 10.6. The van der Waals surface area contributed by atoms with Gasteiger partial charge in [-0.15, -0.1) is 0 Å². The smallest absolute Gasteiger partial charge is 0.118 e. The molecule has 4 N–H and O–H groups in total. The molecule has 0 radical (unpaired) electrons. The Bertz CT molecular complexity index is 821. The number of nitrogens with one attached hydrogen (secondary N) is 2. The monoisotopic (exact) mass is 498 g/mol. The lowest BCUT2D eigenvalue weighted by atomic mass is 9.67. The zero-order valence-corrected chi connectivity index (χ0v) is 22.6. The van der Waals surface area contributed by atoms with Crippen LogP contribution in [0.15, 0.2) is 48.5 Å². The van der Waals surface area contributed by atoms with Crippen molar-refractivity contribution in [2.45, 2.75) is 74.4 Å². The first-order valence-electron chi connectivity index (χ1n) is 13.4. The van der Waals surface area contributed by atoms with Crippen molar-refractivity contribution in [1.82, 2.24) is 10.6 Å². The van der Waals surface area contributed by atoms with E-state index < -0.39 is 0 Å². The third-order valence-electron chi connectivity index (χ3n) is 8.29. The van der Waals surface area contributed by atoms with Crippen LogP contribution in [0, 0.1) is 0 Å². The van der Waals surface area contributed by atoms with Gasteiger partial charge in [0, 0.05) is 23.9 Å². The summed E-state index contributed by atoms with van der Waals surface area (Å²) in [4.78, 5) is 0. The second kappa shape index (κ2) is 13.4. The van der Waals surface area contributed by atoms with Crippen LogP contribution < -0.4 is 20.1 Å². The van der Waals surface area contributed by atoms with Crippen LogP contribution in [0.3, 0.4) is 0 Å². The van der Waals surface area contributed by atoms with Gasteiger partial charge < -0.3 is 30.3 Å². The molecule has 0 unspecified atom stereocenters. The Hall–Kier alpha value is -2.12. The summed E-state index contributed by atoms with van der Waals surface area (Å²) in [6, 6.07) is 16.3. The standard InChI is InChI=1S/2C15H23NO2/c2*1-16-11-15(10-4-3-5-14(15)17)12-6-8-13(18-2)9-7-12/h2*6-9,14,16-17H,3-5,10-11H2,1-2H3/t14-,15+;14-,15-/m11/s1. The number of benzene rings is 2. The fourth-order valence-electron chi connectivity index (χ4n) is 6.21. The van der Waals surface area contributed by atoms with Crippen molar-refractivity contribution >= 4 is 0 Å². The molecule has 6 heteroatoms. The maximum atomic E-state index is 10.5. The van der Waals surface area contributed by atoms with Crippen molar-refractivity contribution < 1.29 is 19.7 Å². The summed E-state index contributed by atoms with van der Waals surface area (Å²) >= 11 is 0. The minimum absolute atomic E-state index is 0.140. The van der Waals surface area contributed by atoms with Crippen molar-refractivity contribution in [2.75, 3.05) is 41.4 Å². The molecular formula is C30H46N2O4. The first-order chi connectivity index (χ1) is 17.5. The van der Waals surface area contributed by atoms with Crippen LogP contribution in [-0.4, -0.2) is 63.8 Å². The van der Waals surface area contributed by atoms with E-state index in [-0.39, 0.29) is 23.0 Å². The molecule has 0 saturated heterocycles. The van der Waals surface area contributed by atoms with Crippen molar-refractivity contribution in [1.29, 1.82) is 0 Å². The van der Waals surface area contributed by atoms with E-state index in [9.17, 15) is 10.2 Å². The van der Waals surface area contributed by atoms with Crippen molar-refractivity contribution in [2.24, 2.45) is 0 Å². The number of aliphatic hydroxyl groups excluding tert-OH is 2. The van der Waals surface area contributed by atoms with Gasteiger partial charge in [-0.3, -0.25) is 0 Å². The van der Waals surface area contributed by atoms with Crippen molar-refractivity contribution in [3.63, 3.8) is 0 Å². The molecule has 200 valence electrons. The van der Waals surface area contributed by atoms with Crippen LogP contribution in [0.25, 0.3) is 0 Å². The van der Waals surface area contributed by atoms with Crippen LogP contribution in [0.2, 0.25) is 0 Å². The van der Waals surface area contributed by atoms with Crippen LogP contribution in [0.4, 0.5) is 0 Å². The Morgan fingerprint density at radius 2 is 1.03 bits per heavy atom. The van der Waals surface area contributed by atoms with E-state index in [1.807, 2.05) is 38.4 Å². The highest BCUT2D eigenvalue weighted by molar-refractivity contribution is 5.35. The Labute approximate surface area is 217 Å². The van der Waals surface area contributed by atoms with Crippen LogP contribution in [-0.2, 0) is 10.8 Å². The third kappa shape index (κ3) is 6.23. The van der Waals surface area contributed by atoms with Gasteiger partial charge in [0.05, 0.1) is 26.4 Å². The quantitative estimate of drug-likeness (QED) is 0.437. The second-order valence-corrected chi connectivity index (χ2v) is 10.4. The number of hydrogen-bond donors (Lipinski definition) is 4. The van der Waals surface area contributed by atoms with Gasteiger partial charge >= 0.3 is 0 Å². The van der Waals surface area contributed by atoms with Crippen LogP contribution in [0.5, 0.6) is 11.5 Å². The molecule has 0 aliphatic heterocycles.